The van der Waals surface area contributed by atoms with Crippen LogP contribution in [0.25, 0.3) is 0 Å². The van der Waals surface area contributed by atoms with Crippen LogP contribution in [-0.2, 0) is 17.8 Å². The summed E-state index contributed by atoms with van der Waals surface area (Å²) in [6.07, 6.45) is 9.86. The summed E-state index contributed by atoms with van der Waals surface area (Å²) in [5, 5.41) is 33.4. The standard InChI is InChI=1S/C43H60N2O5/c1-30-23-36(32(3)44-26-41(48)37-13-15-40(47)38(25-37)28-46)14-16-42(30)49-22-19-31(2)45-20-17-35(18-21-45)43(27-45)50-29-39(34-11-7-8-12-34)24-33-9-5-4-6-10-33/h4-6,9-10,13-16,23,25,31-32,34-35,39,41,43-44,46,48H,7-8,11-12,17-22,24,26-29H2,1-3H3/p+1/t31-,32?,35?,39+,41-,43-,45?/m0/s1. The van der Waals surface area contributed by atoms with E-state index in [1.807, 2.05) is 0 Å². The van der Waals surface area contributed by atoms with E-state index >= 15 is 0 Å². The summed E-state index contributed by atoms with van der Waals surface area (Å²) in [7, 11) is 0. The van der Waals surface area contributed by atoms with Crippen LogP contribution in [0.5, 0.6) is 11.5 Å². The number of aryl methyl sites for hydroxylation is 1. The number of nitrogens with zero attached hydrogens (tertiary/aromatic N) is 1. The smallest absolute Gasteiger partial charge is 0.122 e. The maximum Gasteiger partial charge on any atom is 0.122 e. The number of rotatable bonds is 17. The highest BCUT2D eigenvalue weighted by atomic mass is 16.5. The van der Waals surface area contributed by atoms with Crippen molar-refractivity contribution in [3.8, 4) is 11.5 Å². The molecule has 1 aliphatic carbocycles. The molecular formula is C43H61N2O5+. The van der Waals surface area contributed by atoms with Gasteiger partial charge in [-0.25, -0.2) is 0 Å². The van der Waals surface area contributed by atoms with Gasteiger partial charge in [0.05, 0.1) is 45.1 Å². The van der Waals surface area contributed by atoms with E-state index in [2.05, 4.69) is 74.6 Å². The molecule has 0 amide bonds. The number of fused-ring (bicyclic) bond motifs is 3. The molecule has 7 heteroatoms. The van der Waals surface area contributed by atoms with Crippen molar-refractivity contribution in [3.63, 3.8) is 0 Å². The van der Waals surface area contributed by atoms with Crippen LogP contribution in [0.1, 0.15) is 98.8 Å². The zero-order valence-electron chi connectivity index (χ0n) is 30.6. The first-order chi connectivity index (χ1) is 24.2. The summed E-state index contributed by atoms with van der Waals surface area (Å²) in [6, 6.07) is 22.8. The van der Waals surface area contributed by atoms with E-state index in [1.165, 1.54) is 67.7 Å². The molecule has 1 unspecified atom stereocenters. The third kappa shape index (κ3) is 8.91. The fraction of sp³-hybridized carbons (Fsp3) is 0.581. The Morgan fingerprint density at radius 2 is 1.66 bits per heavy atom. The Bertz CT molecular complexity index is 1500. The van der Waals surface area contributed by atoms with Crippen molar-refractivity contribution in [2.75, 3.05) is 39.4 Å². The molecular weight excluding hydrogens is 624 g/mol. The second-order valence-corrected chi connectivity index (χ2v) is 15.8. The molecule has 7 rings (SSSR count). The fourth-order valence-electron chi connectivity index (χ4n) is 9.11. The Morgan fingerprint density at radius 1 is 0.920 bits per heavy atom. The highest BCUT2D eigenvalue weighted by Gasteiger charge is 2.49. The number of ether oxygens (including phenoxy) is 2. The van der Waals surface area contributed by atoms with Gasteiger partial charge in [-0.2, -0.15) is 0 Å². The SMILES string of the molecule is Cc1cc(C(C)NC[C@H](O)c2ccc(O)c(CO)c2)ccc1OCC[C@H](C)[N+]12CCC(CC1)[C@@H](OC[C@@H](Cc1ccccc1)C1CCCC1)C2. The zero-order valence-corrected chi connectivity index (χ0v) is 30.6. The maximum atomic E-state index is 10.7. The number of benzene rings is 3. The van der Waals surface area contributed by atoms with Gasteiger partial charge in [0.15, 0.2) is 0 Å². The summed E-state index contributed by atoms with van der Waals surface area (Å²) < 4.78 is 14.5. The average Bonchev–Trinajstić information content (AvgIpc) is 3.69. The second kappa shape index (κ2) is 17.1. The van der Waals surface area contributed by atoms with Gasteiger partial charge in [-0.15, -0.1) is 0 Å². The number of phenols is 1. The molecule has 3 saturated heterocycles. The Hall–Kier alpha value is -2.94. The van der Waals surface area contributed by atoms with Crippen LogP contribution >= 0.6 is 0 Å². The van der Waals surface area contributed by atoms with Gasteiger partial charge in [0.25, 0.3) is 0 Å². The minimum Gasteiger partial charge on any atom is -0.508 e. The minimum absolute atomic E-state index is 0.0339. The molecule has 1 saturated carbocycles. The third-order valence-corrected chi connectivity index (χ3v) is 12.6. The largest absolute Gasteiger partial charge is 0.508 e. The fourth-order valence-corrected chi connectivity index (χ4v) is 9.11. The van der Waals surface area contributed by atoms with Gasteiger partial charge in [-0.05, 0) is 79.5 Å². The first-order valence-corrected chi connectivity index (χ1v) is 19.3. The van der Waals surface area contributed by atoms with Gasteiger partial charge in [0.2, 0.25) is 0 Å². The normalized spacial score (nSPS) is 24.6. The van der Waals surface area contributed by atoms with Gasteiger partial charge >= 0.3 is 0 Å². The van der Waals surface area contributed by atoms with Crippen molar-refractivity contribution in [2.24, 2.45) is 17.8 Å². The predicted molar refractivity (Wildman–Crippen MR) is 199 cm³/mol. The Kier molecular flexibility index (Phi) is 12.6. The number of quaternary nitrogens is 1. The number of piperidine rings is 3. The number of aliphatic hydroxyl groups is 2. The van der Waals surface area contributed by atoms with Gasteiger partial charge in [-0.3, -0.25) is 0 Å². The average molecular weight is 686 g/mol. The van der Waals surface area contributed by atoms with E-state index in [9.17, 15) is 15.3 Å². The lowest BCUT2D eigenvalue weighted by atomic mass is 9.81. The van der Waals surface area contributed by atoms with Gasteiger partial charge in [-0.1, -0.05) is 74.2 Å². The van der Waals surface area contributed by atoms with E-state index in [0.29, 0.717) is 48.3 Å². The molecule has 4 aliphatic rings. The molecule has 0 spiro atoms. The molecule has 4 N–H and O–H groups in total. The first kappa shape index (κ1) is 36.8. The minimum atomic E-state index is -0.749. The lowest BCUT2D eigenvalue weighted by molar-refractivity contribution is -0.967. The molecule has 0 aromatic heterocycles. The number of hydrogen-bond acceptors (Lipinski definition) is 6. The molecule has 272 valence electrons. The van der Waals surface area contributed by atoms with Crippen molar-refractivity contribution in [1.82, 2.24) is 5.32 Å². The lowest BCUT2D eigenvalue weighted by Gasteiger charge is -2.55. The van der Waals surface area contributed by atoms with Crippen LogP contribution in [-0.4, -0.2) is 71.3 Å². The van der Waals surface area contributed by atoms with Crippen LogP contribution in [0.15, 0.2) is 66.7 Å². The molecule has 3 aromatic carbocycles. The van der Waals surface area contributed by atoms with Crippen molar-refractivity contribution in [1.29, 1.82) is 0 Å². The molecule has 3 aromatic rings. The molecule has 3 heterocycles. The summed E-state index contributed by atoms with van der Waals surface area (Å²) in [5.41, 5.74) is 4.78. The second-order valence-electron chi connectivity index (χ2n) is 15.8. The van der Waals surface area contributed by atoms with Crippen LogP contribution in [0.4, 0.5) is 0 Å². The quantitative estimate of drug-likeness (QED) is 0.111. The lowest BCUT2D eigenvalue weighted by Crippen LogP contribution is -2.67. The molecule has 4 fully saturated rings. The Labute approximate surface area is 300 Å². The van der Waals surface area contributed by atoms with Gasteiger partial charge < -0.3 is 34.6 Å². The van der Waals surface area contributed by atoms with E-state index in [1.54, 1.807) is 12.1 Å². The molecule has 5 atom stereocenters. The number of nitrogens with one attached hydrogen (secondary N) is 1. The highest BCUT2D eigenvalue weighted by molar-refractivity contribution is 5.38. The number of aromatic hydroxyl groups is 1. The third-order valence-electron chi connectivity index (χ3n) is 12.6. The van der Waals surface area contributed by atoms with Crippen molar-refractivity contribution < 1.29 is 29.3 Å². The van der Waals surface area contributed by atoms with Crippen LogP contribution in [0.2, 0.25) is 0 Å². The Morgan fingerprint density at radius 3 is 2.38 bits per heavy atom. The molecule has 2 bridgehead atoms. The maximum absolute atomic E-state index is 10.7. The van der Waals surface area contributed by atoms with Gasteiger partial charge in [0.1, 0.15) is 24.1 Å². The van der Waals surface area contributed by atoms with Gasteiger partial charge in [0, 0.05) is 43.3 Å². The number of hydrogen-bond donors (Lipinski definition) is 4. The van der Waals surface area contributed by atoms with Crippen molar-refractivity contribution >= 4 is 0 Å². The Balaban J connectivity index is 0.976. The van der Waals surface area contributed by atoms with E-state index < -0.39 is 6.10 Å². The molecule has 0 radical (unpaired) electrons. The van der Waals surface area contributed by atoms with Crippen LogP contribution < -0.4 is 10.1 Å². The summed E-state index contributed by atoms with van der Waals surface area (Å²) in [4.78, 5) is 0. The first-order valence-electron chi connectivity index (χ1n) is 19.3. The highest BCUT2D eigenvalue weighted by Crippen LogP contribution is 2.40. The molecule has 7 nitrogen and oxygen atoms in total. The summed E-state index contributed by atoms with van der Waals surface area (Å²) in [5.74, 6) is 3.11. The van der Waals surface area contributed by atoms with Crippen molar-refractivity contribution in [3.05, 3.63) is 94.5 Å². The monoisotopic (exact) mass is 685 g/mol. The van der Waals surface area contributed by atoms with E-state index in [0.717, 1.165) is 48.8 Å². The summed E-state index contributed by atoms with van der Waals surface area (Å²) >= 11 is 0. The van der Waals surface area contributed by atoms with Crippen LogP contribution in [0.3, 0.4) is 0 Å². The topological polar surface area (TPSA) is 91.2 Å². The predicted octanol–water partition coefficient (Wildman–Crippen LogP) is 7.41. The molecule has 3 aliphatic heterocycles. The van der Waals surface area contributed by atoms with E-state index in [4.69, 9.17) is 9.47 Å². The van der Waals surface area contributed by atoms with E-state index in [-0.39, 0.29) is 18.4 Å². The molecule has 50 heavy (non-hydrogen) atoms. The number of aliphatic hydroxyl groups excluding tert-OH is 2. The summed E-state index contributed by atoms with van der Waals surface area (Å²) in [6.45, 7) is 12.0. The van der Waals surface area contributed by atoms with Crippen LogP contribution in [0, 0.1) is 24.7 Å². The van der Waals surface area contributed by atoms with Crippen molar-refractivity contribution in [2.45, 2.75) is 103 Å². The zero-order chi connectivity index (χ0) is 35.1.